The van der Waals surface area contributed by atoms with Crippen LogP contribution in [0.2, 0.25) is 0 Å². The predicted molar refractivity (Wildman–Crippen MR) is 66.8 cm³/mol. The van der Waals surface area contributed by atoms with E-state index in [1.807, 2.05) is 0 Å². The molecule has 2 aliphatic rings. The van der Waals surface area contributed by atoms with Gasteiger partial charge >= 0.3 is 0 Å². The topological polar surface area (TPSA) is 0 Å². The van der Waals surface area contributed by atoms with Crippen molar-refractivity contribution in [1.29, 1.82) is 0 Å². The number of fused-ring (bicyclic) bond motifs is 2. The molecule has 2 saturated carbocycles. The van der Waals surface area contributed by atoms with Crippen molar-refractivity contribution < 1.29 is 0 Å². The summed E-state index contributed by atoms with van der Waals surface area (Å²) in [4.78, 5) is 0. The molecular weight excluding hydrogens is 180 g/mol. The van der Waals surface area contributed by atoms with E-state index in [1.54, 1.807) is 0 Å². The molecule has 0 spiro atoms. The summed E-state index contributed by atoms with van der Waals surface area (Å²) in [6, 6.07) is 0. The summed E-state index contributed by atoms with van der Waals surface area (Å²) in [5, 5.41) is 0. The third-order valence-corrected chi connectivity index (χ3v) is 5.50. The largest absolute Gasteiger partial charge is 0.0596 e. The Hall–Kier alpha value is 0. The molecule has 0 aliphatic heterocycles. The maximum Gasteiger partial charge on any atom is -0.0144 e. The van der Waals surface area contributed by atoms with Crippen molar-refractivity contribution in [2.24, 2.45) is 28.1 Å². The summed E-state index contributed by atoms with van der Waals surface area (Å²) in [6.45, 7) is 14.9. The first-order valence-electron chi connectivity index (χ1n) is 6.71. The van der Waals surface area contributed by atoms with Gasteiger partial charge in [-0.2, -0.15) is 0 Å². The monoisotopic (exact) mass is 208 g/mol. The normalized spacial score (nSPS) is 34.8. The number of hydrogen-bond acceptors (Lipinski definition) is 0. The van der Waals surface area contributed by atoms with Crippen LogP contribution in [0.4, 0.5) is 0 Å². The molecule has 0 atom stereocenters. The molecule has 15 heavy (non-hydrogen) atoms. The first-order chi connectivity index (χ1) is 6.71. The molecule has 0 unspecified atom stereocenters. The van der Waals surface area contributed by atoms with Crippen LogP contribution in [-0.2, 0) is 0 Å². The Balaban J connectivity index is 2.51. The molecule has 0 aromatic carbocycles. The van der Waals surface area contributed by atoms with E-state index in [1.165, 1.54) is 25.7 Å². The standard InChI is InChI=1S/C15H28/c1-13(2,3)15(14(4,5)6)11-7-8-12(15)10-9-11/h11-12H,7-10H2,1-6H3. The predicted octanol–water partition coefficient (Wildman–Crippen LogP) is 4.89. The zero-order valence-electron chi connectivity index (χ0n) is 11.5. The molecule has 0 heterocycles. The van der Waals surface area contributed by atoms with Crippen LogP contribution in [0.5, 0.6) is 0 Å². The quantitative estimate of drug-likeness (QED) is 0.532. The van der Waals surface area contributed by atoms with Gasteiger partial charge in [0.05, 0.1) is 0 Å². The van der Waals surface area contributed by atoms with E-state index in [2.05, 4.69) is 41.5 Å². The Morgan fingerprint density at radius 1 is 0.667 bits per heavy atom. The minimum Gasteiger partial charge on any atom is -0.0596 e. The van der Waals surface area contributed by atoms with Crippen LogP contribution >= 0.6 is 0 Å². The fraction of sp³-hybridized carbons (Fsp3) is 1.00. The maximum absolute atomic E-state index is 2.48. The van der Waals surface area contributed by atoms with E-state index in [-0.39, 0.29) is 0 Å². The Bertz CT molecular complexity index is 212. The van der Waals surface area contributed by atoms with Crippen LogP contribution in [0.25, 0.3) is 0 Å². The highest BCUT2D eigenvalue weighted by molar-refractivity contribution is 5.13. The van der Waals surface area contributed by atoms with Crippen LogP contribution in [0.1, 0.15) is 67.2 Å². The third-order valence-electron chi connectivity index (χ3n) is 5.50. The first kappa shape index (κ1) is 11.5. The fourth-order valence-electron chi connectivity index (χ4n) is 5.91. The number of hydrogen-bond donors (Lipinski definition) is 0. The molecule has 2 bridgehead atoms. The summed E-state index contributed by atoms with van der Waals surface area (Å²) in [7, 11) is 0. The Morgan fingerprint density at radius 3 is 1.07 bits per heavy atom. The fourth-order valence-corrected chi connectivity index (χ4v) is 5.91. The zero-order valence-corrected chi connectivity index (χ0v) is 11.5. The third kappa shape index (κ3) is 1.26. The second-order valence-electron chi connectivity index (χ2n) is 7.92. The molecule has 2 fully saturated rings. The Labute approximate surface area is 95.8 Å². The Kier molecular flexibility index (Phi) is 2.31. The lowest BCUT2D eigenvalue weighted by Gasteiger charge is -2.55. The average Bonchev–Trinajstić information content (AvgIpc) is 2.54. The van der Waals surface area contributed by atoms with Gasteiger partial charge in [0, 0.05) is 0 Å². The minimum absolute atomic E-state index is 0.466. The minimum atomic E-state index is 0.466. The van der Waals surface area contributed by atoms with Crippen molar-refractivity contribution in [1.82, 2.24) is 0 Å². The first-order valence-corrected chi connectivity index (χ1v) is 6.71. The second-order valence-corrected chi connectivity index (χ2v) is 7.92. The molecule has 0 aromatic heterocycles. The molecule has 0 saturated heterocycles. The van der Waals surface area contributed by atoms with Gasteiger partial charge in [0.25, 0.3) is 0 Å². The second kappa shape index (κ2) is 3.02. The van der Waals surface area contributed by atoms with E-state index in [9.17, 15) is 0 Å². The van der Waals surface area contributed by atoms with Crippen LogP contribution in [0, 0.1) is 28.1 Å². The van der Waals surface area contributed by atoms with Gasteiger partial charge in [-0.3, -0.25) is 0 Å². The van der Waals surface area contributed by atoms with Crippen molar-refractivity contribution in [3.63, 3.8) is 0 Å². The molecule has 2 aliphatic carbocycles. The summed E-state index contributed by atoms with van der Waals surface area (Å²) >= 11 is 0. The van der Waals surface area contributed by atoms with Crippen molar-refractivity contribution in [2.45, 2.75) is 67.2 Å². The molecule has 88 valence electrons. The molecule has 0 heteroatoms. The van der Waals surface area contributed by atoms with Gasteiger partial charge in [0.1, 0.15) is 0 Å². The van der Waals surface area contributed by atoms with Gasteiger partial charge in [-0.1, -0.05) is 41.5 Å². The summed E-state index contributed by atoms with van der Waals surface area (Å²) < 4.78 is 0. The Morgan fingerprint density at radius 2 is 0.933 bits per heavy atom. The lowest BCUT2D eigenvalue weighted by Crippen LogP contribution is -2.50. The van der Waals surface area contributed by atoms with E-state index in [0.29, 0.717) is 16.2 Å². The lowest BCUT2D eigenvalue weighted by molar-refractivity contribution is -0.0751. The van der Waals surface area contributed by atoms with Crippen LogP contribution < -0.4 is 0 Å². The van der Waals surface area contributed by atoms with Crippen molar-refractivity contribution in [2.75, 3.05) is 0 Å². The van der Waals surface area contributed by atoms with Gasteiger partial charge in [0.2, 0.25) is 0 Å². The smallest absolute Gasteiger partial charge is 0.0144 e. The molecular formula is C15H28. The van der Waals surface area contributed by atoms with E-state index in [4.69, 9.17) is 0 Å². The zero-order chi connectivity index (χ0) is 11.5. The van der Waals surface area contributed by atoms with Crippen LogP contribution in [0.15, 0.2) is 0 Å². The van der Waals surface area contributed by atoms with Crippen molar-refractivity contribution in [3.8, 4) is 0 Å². The van der Waals surface area contributed by atoms with Crippen LogP contribution in [-0.4, -0.2) is 0 Å². The maximum atomic E-state index is 2.48. The van der Waals surface area contributed by atoms with Crippen LogP contribution in [0.3, 0.4) is 0 Å². The molecule has 0 N–H and O–H groups in total. The van der Waals surface area contributed by atoms with E-state index >= 15 is 0 Å². The molecule has 0 nitrogen and oxygen atoms in total. The highest BCUT2D eigenvalue weighted by Gasteiger charge is 2.64. The molecule has 2 rings (SSSR count). The van der Waals surface area contributed by atoms with Gasteiger partial charge in [-0.05, 0) is 53.8 Å². The average molecular weight is 208 g/mol. The van der Waals surface area contributed by atoms with Gasteiger partial charge in [-0.25, -0.2) is 0 Å². The molecule has 0 aromatic rings. The van der Waals surface area contributed by atoms with Crippen molar-refractivity contribution in [3.05, 3.63) is 0 Å². The van der Waals surface area contributed by atoms with Gasteiger partial charge in [0.15, 0.2) is 0 Å². The van der Waals surface area contributed by atoms with Gasteiger partial charge < -0.3 is 0 Å². The van der Waals surface area contributed by atoms with Crippen molar-refractivity contribution >= 4 is 0 Å². The summed E-state index contributed by atoms with van der Waals surface area (Å²) in [5.74, 6) is 2.00. The SMILES string of the molecule is CC(C)(C)C1(C(C)(C)C)C2CCC1CC2. The highest BCUT2D eigenvalue weighted by Crippen LogP contribution is 2.71. The molecule has 0 amide bonds. The van der Waals surface area contributed by atoms with E-state index in [0.717, 1.165) is 11.8 Å². The number of rotatable bonds is 0. The highest BCUT2D eigenvalue weighted by atomic mass is 14.7. The van der Waals surface area contributed by atoms with Gasteiger partial charge in [-0.15, -0.1) is 0 Å². The summed E-state index contributed by atoms with van der Waals surface area (Å²) in [5.41, 5.74) is 1.53. The lowest BCUT2D eigenvalue weighted by atomic mass is 9.49. The summed E-state index contributed by atoms with van der Waals surface area (Å²) in [6.07, 6.45) is 6.00. The van der Waals surface area contributed by atoms with E-state index < -0.39 is 0 Å². The molecule has 0 radical (unpaired) electrons.